The van der Waals surface area contributed by atoms with Crippen LogP contribution in [0.15, 0.2) is 87.3 Å². The Kier molecular flexibility index (Phi) is 7.38. The van der Waals surface area contributed by atoms with Gasteiger partial charge in [0.1, 0.15) is 17.9 Å². The third-order valence-corrected chi connectivity index (χ3v) is 7.51. The van der Waals surface area contributed by atoms with Crippen LogP contribution >= 0.6 is 43.5 Å². The molecule has 4 amide bonds. The van der Waals surface area contributed by atoms with E-state index in [0.717, 1.165) is 21.2 Å². The molecule has 0 unspecified atom stereocenters. The molecule has 0 aromatic heterocycles. The van der Waals surface area contributed by atoms with Crippen LogP contribution in [0, 0.1) is 6.92 Å². The highest BCUT2D eigenvalue weighted by Gasteiger charge is 2.37. The molecule has 38 heavy (non-hydrogen) atoms. The number of barbiturate groups is 1. The largest absolute Gasteiger partial charge is 0.487 e. The summed E-state index contributed by atoms with van der Waals surface area (Å²) in [6.45, 7) is 2.09. The van der Waals surface area contributed by atoms with Crippen LogP contribution in [0.25, 0.3) is 16.8 Å². The van der Waals surface area contributed by atoms with Gasteiger partial charge in [0, 0.05) is 5.02 Å². The van der Waals surface area contributed by atoms with Crippen LogP contribution in [0.1, 0.15) is 16.7 Å². The molecular weight excluding hydrogens is 636 g/mol. The normalized spacial score (nSPS) is 14.8. The minimum absolute atomic E-state index is 0.188. The van der Waals surface area contributed by atoms with E-state index in [0.29, 0.717) is 43.1 Å². The van der Waals surface area contributed by atoms with E-state index in [1.165, 1.54) is 12.1 Å². The predicted octanol–water partition coefficient (Wildman–Crippen LogP) is 7.57. The van der Waals surface area contributed by atoms with Gasteiger partial charge in [-0.2, -0.15) is 0 Å². The molecule has 9 heteroatoms. The first kappa shape index (κ1) is 26.2. The van der Waals surface area contributed by atoms with Crippen LogP contribution in [0.5, 0.6) is 5.75 Å². The van der Waals surface area contributed by atoms with Gasteiger partial charge in [-0.3, -0.25) is 14.9 Å². The standard InChI is InChI=1S/C29H19Br2ClN2O4/c1-16-9-10-20(32)14-25(16)34-28(36)22(27(35)33-29(34)37)11-17-12-23(30)26(24(31)13-17)38-15-19-7-4-6-18-5-2-3-8-21(18)19/h2-14H,15H2,1H3,(H,33,35,37)/b22-11+. The van der Waals surface area contributed by atoms with E-state index in [-0.39, 0.29) is 5.57 Å². The smallest absolute Gasteiger partial charge is 0.335 e. The molecule has 1 fully saturated rings. The fraction of sp³-hybridized carbons (Fsp3) is 0.0690. The number of carbonyl (C=O) groups is 3. The van der Waals surface area contributed by atoms with Crippen molar-refractivity contribution in [2.75, 3.05) is 4.90 Å². The summed E-state index contributed by atoms with van der Waals surface area (Å²) in [5.74, 6) is -0.946. The Morgan fingerprint density at radius 1 is 0.947 bits per heavy atom. The number of rotatable bonds is 5. The summed E-state index contributed by atoms with van der Waals surface area (Å²) >= 11 is 13.2. The number of nitrogens with zero attached hydrogens (tertiary/aromatic N) is 1. The average molecular weight is 655 g/mol. The monoisotopic (exact) mass is 652 g/mol. The Balaban J connectivity index is 1.43. The summed E-state index contributed by atoms with van der Waals surface area (Å²) < 4.78 is 7.39. The van der Waals surface area contributed by atoms with Crippen molar-refractivity contribution in [1.29, 1.82) is 0 Å². The second kappa shape index (κ2) is 10.7. The minimum Gasteiger partial charge on any atom is -0.487 e. The number of anilines is 1. The van der Waals surface area contributed by atoms with Crippen molar-refractivity contribution >= 4 is 83.8 Å². The van der Waals surface area contributed by atoms with Crippen LogP contribution in [0.2, 0.25) is 5.02 Å². The van der Waals surface area contributed by atoms with Crippen molar-refractivity contribution in [3.8, 4) is 5.75 Å². The van der Waals surface area contributed by atoms with Crippen molar-refractivity contribution < 1.29 is 19.1 Å². The van der Waals surface area contributed by atoms with E-state index in [2.05, 4.69) is 55.4 Å². The summed E-state index contributed by atoms with van der Waals surface area (Å²) in [5, 5.41) is 4.84. The van der Waals surface area contributed by atoms with E-state index in [1.807, 2.05) is 24.3 Å². The van der Waals surface area contributed by atoms with Gasteiger partial charge in [-0.25, -0.2) is 9.69 Å². The van der Waals surface area contributed by atoms with Crippen LogP contribution < -0.4 is 15.0 Å². The van der Waals surface area contributed by atoms with E-state index in [9.17, 15) is 14.4 Å². The molecule has 0 atom stereocenters. The van der Waals surface area contributed by atoms with Crippen LogP contribution in [-0.4, -0.2) is 17.8 Å². The van der Waals surface area contributed by atoms with E-state index >= 15 is 0 Å². The summed E-state index contributed by atoms with van der Waals surface area (Å²) in [5.41, 5.74) is 2.37. The molecule has 1 aliphatic heterocycles. The molecule has 5 rings (SSSR count). The van der Waals surface area contributed by atoms with E-state index in [4.69, 9.17) is 16.3 Å². The topological polar surface area (TPSA) is 75.7 Å². The Bertz CT molecular complexity index is 1640. The molecule has 0 aliphatic carbocycles. The fourth-order valence-corrected chi connectivity index (χ4v) is 5.85. The Hall–Kier alpha value is -3.46. The first-order valence-corrected chi connectivity index (χ1v) is 13.5. The maximum absolute atomic E-state index is 13.3. The minimum atomic E-state index is -0.831. The van der Waals surface area contributed by atoms with Gasteiger partial charge in [-0.1, -0.05) is 60.1 Å². The lowest BCUT2D eigenvalue weighted by atomic mass is 10.1. The highest BCUT2D eigenvalue weighted by molar-refractivity contribution is 9.11. The molecule has 0 bridgehead atoms. The van der Waals surface area contributed by atoms with Crippen LogP contribution in [0.4, 0.5) is 10.5 Å². The van der Waals surface area contributed by atoms with Crippen molar-refractivity contribution in [1.82, 2.24) is 5.32 Å². The fourth-order valence-electron chi connectivity index (χ4n) is 4.24. The van der Waals surface area contributed by atoms with Crippen LogP contribution in [0.3, 0.4) is 0 Å². The number of carbonyl (C=O) groups excluding carboxylic acids is 3. The Labute approximate surface area is 240 Å². The van der Waals surface area contributed by atoms with E-state index in [1.54, 1.807) is 31.2 Å². The maximum atomic E-state index is 13.3. The van der Waals surface area contributed by atoms with Crippen molar-refractivity contribution in [2.24, 2.45) is 0 Å². The number of amides is 4. The van der Waals surface area contributed by atoms with E-state index < -0.39 is 17.8 Å². The number of halogens is 3. The Morgan fingerprint density at radius 3 is 2.42 bits per heavy atom. The lowest BCUT2D eigenvalue weighted by Gasteiger charge is -2.27. The third kappa shape index (κ3) is 5.12. The molecule has 190 valence electrons. The number of hydrogen-bond acceptors (Lipinski definition) is 4. The quantitative estimate of drug-likeness (QED) is 0.178. The molecular formula is C29H19Br2ClN2O4. The number of fused-ring (bicyclic) bond motifs is 1. The lowest BCUT2D eigenvalue weighted by Crippen LogP contribution is -2.54. The van der Waals surface area contributed by atoms with Gasteiger partial charge in [0.05, 0.1) is 14.6 Å². The summed E-state index contributed by atoms with van der Waals surface area (Å²) in [6.07, 6.45) is 1.43. The van der Waals surface area contributed by atoms with Gasteiger partial charge in [0.15, 0.2) is 0 Å². The third-order valence-electron chi connectivity index (χ3n) is 6.10. The summed E-state index contributed by atoms with van der Waals surface area (Å²) in [4.78, 5) is 39.4. The van der Waals surface area contributed by atoms with Crippen molar-refractivity contribution in [2.45, 2.75) is 13.5 Å². The molecule has 1 N–H and O–H groups in total. The summed E-state index contributed by atoms with van der Waals surface area (Å²) in [6, 6.07) is 21.7. The number of ether oxygens (including phenoxy) is 1. The molecule has 1 saturated heterocycles. The highest BCUT2D eigenvalue weighted by Crippen LogP contribution is 2.37. The molecule has 1 heterocycles. The van der Waals surface area contributed by atoms with Crippen molar-refractivity contribution in [3.05, 3.63) is 109 Å². The van der Waals surface area contributed by atoms with Gasteiger partial charge in [0.2, 0.25) is 0 Å². The van der Waals surface area contributed by atoms with Crippen molar-refractivity contribution in [3.63, 3.8) is 0 Å². The zero-order valence-electron chi connectivity index (χ0n) is 19.9. The number of nitrogens with one attached hydrogen (secondary N) is 1. The number of aryl methyl sites for hydroxylation is 1. The SMILES string of the molecule is Cc1ccc(Cl)cc1N1C(=O)NC(=O)/C(=C\c2cc(Br)c(OCc3cccc4ccccc34)c(Br)c2)C1=O. The average Bonchev–Trinajstić information content (AvgIpc) is 2.88. The van der Waals surface area contributed by atoms with Gasteiger partial charge < -0.3 is 4.74 Å². The van der Waals surface area contributed by atoms with Gasteiger partial charge in [-0.15, -0.1) is 0 Å². The molecule has 4 aromatic carbocycles. The molecule has 6 nitrogen and oxygen atoms in total. The van der Waals surface area contributed by atoms with Crippen LogP contribution in [-0.2, 0) is 16.2 Å². The second-order valence-electron chi connectivity index (χ2n) is 8.63. The predicted molar refractivity (Wildman–Crippen MR) is 155 cm³/mol. The number of imide groups is 2. The molecule has 0 saturated carbocycles. The molecule has 4 aromatic rings. The maximum Gasteiger partial charge on any atom is 0.335 e. The summed E-state index contributed by atoms with van der Waals surface area (Å²) in [7, 11) is 0. The zero-order chi connectivity index (χ0) is 27.0. The molecule has 0 radical (unpaired) electrons. The lowest BCUT2D eigenvalue weighted by molar-refractivity contribution is -0.122. The second-order valence-corrected chi connectivity index (χ2v) is 10.8. The molecule has 0 spiro atoms. The Morgan fingerprint density at radius 2 is 1.66 bits per heavy atom. The van der Waals surface area contributed by atoms with Gasteiger partial charge >= 0.3 is 6.03 Å². The van der Waals surface area contributed by atoms with Gasteiger partial charge in [0.25, 0.3) is 11.8 Å². The zero-order valence-corrected chi connectivity index (χ0v) is 23.9. The first-order chi connectivity index (χ1) is 18.2. The number of benzene rings is 4. The van der Waals surface area contributed by atoms with Gasteiger partial charge in [-0.05, 0) is 96.6 Å². The highest BCUT2D eigenvalue weighted by atomic mass is 79.9. The first-order valence-electron chi connectivity index (χ1n) is 11.5. The number of urea groups is 1. The molecule has 1 aliphatic rings. The number of hydrogen-bond donors (Lipinski definition) is 1.